The van der Waals surface area contributed by atoms with E-state index in [0.29, 0.717) is 38.3 Å². The molecule has 2 amide bonds. The van der Waals surface area contributed by atoms with Crippen LogP contribution >= 0.6 is 0 Å². The molecule has 2 aliphatic rings. The molecule has 1 aromatic heterocycles. The van der Waals surface area contributed by atoms with Crippen LogP contribution in [-0.2, 0) is 4.79 Å². The highest BCUT2D eigenvalue weighted by molar-refractivity contribution is 5.95. The van der Waals surface area contributed by atoms with Crippen LogP contribution in [0.3, 0.4) is 0 Å². The molecule has 0 radical (unpaired) electrons. The number of piperazine rings is 1. The predicted octanol–water partition coefficient (Wildman–Crippen LogP) is 0.379. The minimum absolute atomic E-state index is 0.0255. The van der Waals surface area contributed by atoms with Gasteiger partial charge in [-0.15, -0.1) is 0 Å². The molecular weight excluding hydrogens is 320 g/mol. The largest absolute Gasteiger partial charge is 0.337 e. The Morgan fingerprint density at radius 3 is 2.80 bits per heavy atom. The number of aromatic nitrogens is 2. The molecule has 3 rings (SSSR count). The first-order valence-electron chi connectivity index (χ1n) is 8.63. The number of likely N-dealkylation sites (tertiary alicyclic amines) is 1. The Morgan fingerprint density at radius 1 is 1.44 bits per heavy atom. The van der Waals surface area contributed by atoms with E-state index in [2.05, 4.69) is 16.3 Å². The molecule has 0 bridgehead atoms. The van der Waals surface area contributed by atoms with Gasteiger partial charge in [-0.1, -0.05) is 0 Å². The number of H-pyrrole nitrogens is 1. The summed E-state index contributed by atoms with van der Waals surface area (Å²) in [7, 11) is 0. The minimum Gasteiger partial charge on any atom is -0.337 e. The fraction of sp³-hybridized carbons (Fsp3) is 0.647. The normalized spacial score (nSPS) is 24.4. The SMILES string of the molecule is Cc1cc(C(=O)N2CC[C@]3(C2)C(=O)N(C(C)C)CCN3CC#N)n[nH]1. The van der Waals surface area contributed by atoms with Crippen LogP contribution in [0, 0.1) is 18.3 Å². The van der Waals surface area contributed by atoms with E-state index in [1.165, 1.54) is 0 Å². The van der Waals surface area contributed by atoms with Gasteiger partial charge in [0, 0.05) is 37.9 Å². The van der Waals surface area contributed by atoms with Crippen LogP contribution in [0.1, 0.15) is 36.5 Å². The van der Waals surface area contributed by atoms with E-state index in [9.17, 15) is 9.59 Å². The van der Waals surface area contributed by atoms with Crippen molar-refractivity contribution in [3.63, 3.8) is 0 Å². The van der Waals surface area contributed by atoms with Crippen molar-refractivity contribution >= 4 is 11.8 Å². The van der Waals surface area contributed by atoms with Crippen LogP contribution in [0.15, 0.2) is 6.07 Å². The summed E-state index contributed by atoms with van der Waals surface area (Å²) in [6, 6.07) is 3.98. The molecule has 3 heterocycles. The summed E-state index contributed by atoms with van der Waals surface area (Å²) < 4.78 is 0. The first-order chi connectivity index (χ1) is 11.9. The van der Waals surface area contributed by atoms with Gasteiger partial charge in [0.2, 0.25) is 5.91 Å². The molecule has 2 aliphatic heterocycles. The number of nitrogens with zero attached hydrogens (tertiary/aromatic N) is 5. The maximum absolute atomic E-state index is 13.2. The van der Waals surface area contributed by atoms with Crippen molar-refractivity contribution in [2.45, 2.75) is 38.8 Å². The molecular formula is C17H24N6O2. The maximum Gasteiger partial charge on any atom is 0.274 e. The van der Waals surface area contributed by atoms with Crippen LogP contribution in [0.4, 0.5) is 0 Å². The van der Waals surface area contributed by atoms with Crippen molar-refractivity contribution in [2.24, 2.45) is 0 Å². The predicted molar refractivity (Wildman–Crippen MR) is 90.6 cm³/mol. The van der Waals surface area contributed by atoms with Gasteiger partial charge in [0.05, 0.1) is 12.6 Å². The highest BCUT2D eigenvalue weighted by Gasteiger charge is 2.54. The molecule has 134 valence electrons. The van der Waals surface area contributed by atoms with Gasteiger partial charge >= 0.3 is 0 Å². The third-order valence-corrected chi connectivity index (χ3v) is 5.22. The van der Waals surface area contributed by atoms with Crippen molar-refractivity contribution in [3.8, 4) is 6.07 Å². The summed E-state index contributed by atoms with van der Waals surface area (Å²) in [6.45, 7) is 8.10. The Kier molecular flexibility index (Phi) is 4.52. The number of amides is 2. The Labute approximate surface area is 147 Å². The van der Waals surface area contributed by atoms with E-state index in [1.54, 1.807) is 11.0 Å². The first-order valence-corrected chi connectivity index (χ1v) is 8.63. The number of nitriles is 1. The molecule has 1 spiro atoms. The second kappa shape index (κ2) is 6.48. The Balaban J connectivity index is 1.86. The van der Waals surface area contributed by atoms with Crippen LogP contribution in [0.5, 0.6) is 0 Å². The van der Waals surface area contributed by atoms with Crippen molar-refractivity contribution in [1.29, 1.82) is 5.26 Å². The number of rotatable bonds is 3. The van der Waals surface area contributed by atoms with Crippen molar-refractivity contribution in [3.05, 3.63) is 17.5 Å². The van der Waals surface area contributed by atoms with Gasteiger partial charge < -0.3 is 9.80 Å². The summed E-state index contributed by atoms with van der Waals surface area (Å²) in [5.41, 5.74) is 0.396. The molecule has 1 aromatic rings. The van der Waals surface area contributed by atoms with Gasteiger partial charge in [-0.2, -0.15) is 10.4 Å². The molecule has 8 heteroatoms. The van der Waals surface area contributed by atoms with E-state index in [-0.39, 0.29) is 24.4 Å². The Morgan fingerprint density at radius 2 is 2.20 bits per heavy atom. The van der Waals surface area contributed by atoms with E-state index in [1.807, 2.05) is 30.6 Å². The van der Waals surface area contributed by atoms with Gasteiger partial charge in [0.1, 0.15) is 11.2 Å². The van der Waals surface area contributed by atoms with E-state index in [0.717, 1.165) is 5.69 Å². The second-order valence-electron chi connectivity index (χ2n) is 7.12. The molecule has 0 aromatic carbocycles. The topological polar surface area (TPSA) is 96.3 Å². The zero-order valence-corrected chi connectivity index (χ0v) is 14.9. The van der Waals surface area contributed by atoms with Crippen molar-refractivity contribution in [1.82, 2.24) is 24.9 Å². The molecule has 0 aliphatic carbocycles. The Bertz CT molecular complexity index is 721. The van der Waals surface area contributed by atoms with E-state index < -0.39 is 5.54 Å². The molecule has 8 nitrogen and oxygen atoms in total. The number of aromatic amines is 1. The third kappa shape index (κ3) is 2.89. The number of carbonyl (C=O) groups is 2. The second-order valence-corrected chi connectivity index (χ2v) is 7.12. The van der Waals surface area contributed by atoms with Gasteiger partial charge in [-0.05, 0) is 33.3 Å². The molecule has 1 N–H and O–H groups in total. The lowest BCUT2D eigenvalue weighted by atomic mass is 9.90. The number of nitrogens with one attached hydrogen (secondary N) is 1. The smallest absolute Gasteiger partial charge is 0.274 e. The summed E-state index contributed by atoms with van der Waals surface area (Å²) in [4.78, 5) is 31.4. The van der Waals surface area contributed by atoms with Crippen molar-refractivity contribution < 1.29 is 9.59 Å². The number of aryl methyl sites for hydroxylation is 1. The number of hydrogen-bond donors (Lipinski definition) is 1. The van der Waals surface area contributed by atoms with Crippen LogP contribution in [0.2, 0.25) is 0 Å². The third-order valence-electron chi connectivity index (χ3n) is 5.22. The minimum atomic E-state index is -0.792. The zero-order chi connectivity index (χ0) is 18.2. The summed E-state index contributed by atoms with van der Waals surface area (Å²) in [6.07, 6.45) is 0.547. The van der Waals surface area contributed by atoms with Crippen LogP contribution in [0.25, 0.3) is 0 Å². The van der Waals surface area contributed by atoms with E-state index >= 15 is 0 Å². The van der Waals surface area contributed by atoms with Crippen LogP contribution < -0.4 is 0 Å². The van der Waals surface area contributed by atoms with Gasteiger partial charge in [0.15, 0.2) is 0 Å². The average Bonchev–Trinajstić information content (AvgIpc) is 3.19. The fourth-order valence-electron chi connectivity index (χ4n) is 3.84. The number of carbonyl (C=O) groups excluding carboxylic acids is 2. The molecule has 2 saturated heterocycles. The van der Waals surface area contributed by atoms with Crippen LogP contribution in [-0.4, -0.2) is 81.0 Å². The highest BCUT2D eigenvalue weighted by Crippen LogP contribution is 2.34. The zero-order valence-electron chi connectivity index (χ0n) is 14.9. The van der Waals surface area contributed by atoms with E-state index in [4.69, 9.17) is 5.26 Å². The van der Waals surface area contributed by atoms with Gasteiger partial charge in [-0.3, -0.25) is 19.6 Å². The molecule has 2 fully saturated rings. The quantitative estimate of drug-likeness (QED) is 0.800. The standard InChI is InChI=1S/C17H24N6O2/c1-12(2)23-9-8-22(7-5-18)17(16(23)25)4-6-21(11-17)15(24)14-10-13(3)19-20-14/h10,12H,4,6-9,11H2,1-3H3,(H,19,20)/t17-/m0/s1. The molecule has 0 unspecified atom stereocenters. The fourth-order valence-corrected chi connectivity index (χ4v) is 3.84. The summed E-state index contributed by atoms with van der Waals surface area (Å²) in [5.74, 6) is -0.148. The number of hydrogen-bond acceptors (Lipinski definition) is 5. The highest BCUT2D eigenvalue weighted by atomic mass is 16.2. The Hall–Kier alpha value is -2.40. The monoisotopic (exact) mass is 344 g/mol. The lowest BCUT2D eigenvalue weighted by molar-refractivity contribution is -0.152. The lowest BCUT2D eigenvalue weighted by Crippen LogP contribution is -2.68. The summed E-state index contributed by atoms with van der Waals surface area (Å²) in [5, 5.41) is 16.0. The molecule has 25 heavy (non-hydrogen) atoms. The summed E-state index contributed by atoms with van der Waals surface area (Å²) >= 11 is 0. The van der Waals surface area contributed by atoms with Crippen molar-refractivity contribution in [2.75, 3.05) is 32.7 Å². The lowest BCUT2D eigenvalue weighted by Gasteiger charge is -2.48. The first kappa shape index (κ1) is 17.4. The molecule has 1 atom stereocenters. The average molecular weight is 344 g/mol. The van der Waals surface area contributed by atoms with Gasteiger partial charge in [0.25, 0.3) is 5.91 Å². The molecule has 0 saturated carbocycles. The maximum atomic E-state index is 13.2. The van der Waals surface area contributed by atoms with Gasteiger partial charge in [-0.25, -0.2) is 0 Å².